The van der Waals surface area contributed by atoms with E-state index in [1.165, 1.54) is 6.92 Å². The zero-order valence-corrected chi connectivity index (χ0v) is 12.2. The quantitative estimate of drug-likeness (QED) is 0.679. The van der Waals surface area contributed by atoms with Crippen molar-refractivity contribution < 1.29 is 4.79 Å². The molecule has 0 aliphatic rings. The molecule has 0 atom stereocenters. The topological polar surface area (TPSA) is 96.7 Å². The van der Waals surface area contributed by atoms with Crippen LogP contribution >= 0.6 is 0 Å². The molecule has 0 saturated carbocycles. The Bertz CT molecular complexity index is 593. The Morgan fingerprint density at radius 1 is 1.33 bits per heavy atom. The van der Waals surface area contributed by atoms with Crippen LogP contribution in [0.4, 0.5) is 5.69 Å². The number of aromatic amines is 1. The largest absolute Gasteiger partial charge is 0.330 e. The van der Waals surface area contributed by atoms with Gasteiger partial charge >= 0.3 is 0 Å². The Labute approximate surface area is 124 Å². The molecule has 21 heavy (non-hydrogen) atoms. The number of nitrogens with two attached hydrogens (primary N) is 1. The van der Waals surface area contributed by atoms with Gasteiger partial charge in [0.15, 0.2) is 5.82 Å². The molecule has 0 saturated heterocycles. The minimum atomic E-state index is -0.0947. The second-order valence-electron chi connectivity index (χ2n) is 4.97. The maximum Gasteiger partial charge on any atom is 0.221 e. The number of benzene rings is 1. The van der Waals surface area contributed by atoms with Gasteiger partial charge in [-0.25, -0.2) is 4.98 Å². The number of H-pyrrole nitrogens is 1. The summed E-state index contributed by atoms with van der Waals surface area (Å²) in [6.07, 6.45) is 4.07. The Morgan fingerprint density at radius 2 is 2.19 bits per heavy atom. The van der Waals surface area contributed by atoms with Crippen molar-refractivity contribution in [2.75, 3.05) is 11.9 Å². The summed E-state index contributed by atoms with van der Waals surface area (Å²) in [5, 5.41) is 9.95. The van der Waals surface area contributed by atoms with Gasteiger partial charge in [-0.1, -0.05) is 18.6 Å². The number of hydrogen-bond acceptors (Lipinski definition) is 4. The molecule has 112 valence electrons. The first-order chi connectivity index (χ1) is 10.2. The Hall–Kier alpha value is -2.21. The summed E-state index contributed by atoms with van der Waals surface area (Å²) in [6, 6.07) is 7.50. The predicted octanol–water partition coefficient (Wildman–Crippen LogP) is 2.10. The molecule has 0 aliphatic carbocycles. The van der Waals surface area contributed by atoms with Gasteiger partial charge in [-0.15, -0.1) is 0 Å². The van der Waals surface area contributed by atoms with Crippen molar-refractivity contribution in [2.24, 2.45) is 5.73 Å². The molecule has 2 rings (SSSR count). The second-order valence-corrected chi connectivity index (χ2v) is 4.97. The van der Waals surface area contributed by atoms with E-state index in [1.807, 2.05) is 24.3 Å². The van der Waals surface area contributed by atoms with Crippen LogP contribution in [0.3, 0.4) is 0 Å². The highest BCUT2D eigenvalue weighted by Gasteiger charge is 2.07. The first-order valence-corrected chi connectivity index (χ1v) is 7.18. The van der Waals surface area contributed by atoms with E-state index < -0.39 is 0 Å². The van der Waals surface area contributed by atoms with E-state index in [4.69, 9.17) is 5.73 Å². The zero-order valence-electron chi connectivity index (χ0n) is 12.2. The molecular formula is C15H21N5O. The van der Waals surface area contributed by atoms with Crippen LogP contribution < -0.4 is 11.1 Å². The molecule has 1 aromatic heterocycles. The van der Waals surface area contributed by atoms with Crippen molar-refractivity contribution in [1.29, 1.82) is 0 Å². The van der Waals surface area contributed by atoms with Gasteiger partial charge in [0.25, 0.3) is 0 Å². The number of anilines is 1. The molecule has 0 fully saturated rings. The van der Waals surface area contributed by atoms with E-state index in [0.717, 1.165) is 49.3 Å². The Morgan fingerprint density at radius 3 is 2.95 bits per heavy atom. The number of unbranched alkanes of at least 4 members (excludes halogenated alkanes) is 2. The molecule has 2 aromatic rings. The van der Waals surface area contributed by atoms with Crippen LogP contribution in [0.2, 0.25) is 0 Å². The number of carbonyl (C=O) groups is 1. The first kappa shape index (κ1) is 15.2. The van der Waals surface area contributed by atoms with Crippen LogP contribution in [0.15, 0.2) is 24.3 Å². The maximum absolute atomic E-state index is 11.1. The number of nitrogens with one attached hydrogen (secondary N) is 2. The molecule has 0 bridgehead atoms. The molecule has 6 nitrogen and oxygen atoms in total. The predicted molar refractivity (Wildman–Crippen MR) is 82.7 cm³/mol. The summed E-state index contributed by atoms with van der Waals surface area (Å²) < 4.78 is 0. The molecular weight excluding hydrogens is 266 g/mol. The third-order valence-corrected chi connectivity index (χ3v) is 3.09. The Balaban J connectivity index is 2.01. The number of carbonyl (C=O) groups excluding carboxylic acids is 1. The molecule has 1 amide bonds. The van der Waals surface area contributed by atoms with Crippen LogP contribution in [-0.4, -0.2) is 27.6 Å². The number of nitrogens with zero attached hydrogens (tertiary/aromatic N) is 2. The maximum atomic E-state index is 11.1. The monoisotopic (exact) mass is 287 g/mol. The van der Waals surface area contributed by atoms with Crippen molar-refractivity contribution >= 4 is 11.6 Å². The van der Waals surface area contributed by atoms with Crippen molar-refractivity contribution in [3.63, 3.8) is 0 Å². The van der Waals surface area contributed by atoms with Crippen molar-refractivity contribution in [3.8, 4) is 11.4 Å². The summed E-state index contributed by atoms with van der Waals surface area (Å²) in [5.74, 6) is 1.44. The molecule has 0 radical (unpaired) electrons. The average molecular weight is 287 g/mol. The van der Waals surface area contributed by atoms with Gasteiger partial charge in [-0.3, -0.25) is 9.89 Å². The molecule has 6 heteroatoms. The highest BCUT2D eigenvalue weighted by atomic mass is 16.1. The molecule has 4 N–H and O–H groups in total. The van der Waals surface area contributed by atoms with Crippen molar-refractivity contribution in [1.82, 2.24) is 15.2 Å². The highest BCUT2D eigenvalue weighted by molar-refractivity contribution is 5.89. The molecule has 1 heterocycles. The number of hydrogen-bond donors (Lipinski definition) is 3. The van der Waals surface area contributed by atoms with Gasteiger partial charge in [-0.05, 0) is 31.5 Å². The first-order valence-electron chi connectivity index (χ1n) is 7.18. The fourth-order valence-electron chi connectivity index (χ4n) is 2.09. The van der Waals surface area contributed by atoms with Gasteiger partial charge in [0, 0.05) is 24.6 Å². The van der Waals surface area contributed by atoms with Crippen molar-refractivity contribution in [2.45, 2.75) is 32.6 Å². The van der Waals surface area contributed by atoms with Gasteiger partial charge in [-0.2, -0.15) is 5.10 Å². The smallest absolute Gasteiger partial charge is 0.221 e. The zero-order chi connectivity index (χ0) is 15.1. The molecule has 0 unspecified atom stereocenters. The number of amides is 1. The van der Waals surface area contributed by atoms with Crippen LogP contribution in [0.1, 0.15) is 32.0 Å². The lowest BCUT2D eigenvalue weighted by Gasteiger charge is -2.02. The van der Waals surface area contributed by atoms with E-state index in [-0.39, 0.29) is 5.91 Å². The number of aromatic nitrogens is 3. The summed E-state index contributed by atoms with van der Waals surface area (Å²) in [4.78, 5) is 15.6. The van der Waals surface area contributed by atoms with E-state index in [9.17, 15) is 4.79 Å². The fourth-order valence-corrected chi connectivity index (χ4v) is 2.09. The van der Waals surface area contributed by atoms with E-state index in [2.05, 4.69) is 20.5 Å². The van der Waals surface area contributed by atoms with Crippen LogP contribution in [0.25, 0.3) is 11.4 Å². The third kappa shape index (κ3) is 4.68. The normalized spacial score (nSPS) is 10.6. The SMILES string of the molecule is CC(=O)Nc1cccc(-c2n[nH]c(CCCCCN)n2)c1. The van der Waals surface area contributed by atoms with E-state index in [1.54, 1.807) is 0 Å². The average Bonchev–Trinajstić information content (AvgIpc) is 2.92. The lowest BCUT2D eigenvalue weighted by molar-refractivity contribution is -0.114. The molecule has 1 aromatic carbocycles. The summed E-state index contributed by atoms with van der Waals surface area (Å²) in [6.45, 7) is 2.22. The van der Waals surface area contributed by atoms with Crippen LogP contribution in [0, 0.1) is 0 Å². The van der Waals surface area contributed by atoms with Crippen LogP contribution in [-0.2, 0) is 11.2 Å². The highest BCUT2D eigenvalue weighted by Crippen LogP contribution is 2.19. The molecule has 0 aliphatic heterocycles. The van der Waals surface area contributed by atoms with E-state index in [0.29, 0.717) is 5.82 Å². The standard InChI is InChI=1S/C15H21N5O/c1-11(21)17-13-7-5-6-12(10-13)15-18-14(19-20-15)8-3-2-4-9-16/h5-7,10H,2-4,8-9,16H2,1H3,(H,17,21)(H,18,19,20). The minimum absolute atomic E-state index is 0.0947. The summed E-state index contributed by atoms with van der Waals surface area (Å²) in [5.41, 5.74) is 7.10. The van der Waals surface area contributed by atoms with E-state index >= 15 is 0 Å². The number of aryl methyl sites for hydroxylation is 1. The molecule has 0 spiro atoms. The minimum Gasteiger partial charge on any atom is -0.330 e. The lowest BCUT2D eigenvalue weighted by Crippen LogP contribution is -2.05. The lowest BCUT2D eigenvalue weighted by atomic mass is 10.2. The van der Waals surface area contributed by atoms with Gasteiger partial charge in [0.1, 0.15) is 5.82 Å². The van der Waals surface area contributed by atoms with Gasteiger partial charge in [0.05, 0.1) is 0 Å². The number of rotatable bonds is 7. The van der Waals surface area contributed by atoms with Crippen LogP contribution in [0.5, 0.6) is 0 Å². The summed E-state index contributed by atoms with van der Waals surface area (Å²) >= 11 is 0. The van der Waals surface area contributed by atoms with Crippen molar-refractivity contribution in [3.05, 3.63) is 30.1 Å². The van der Waals surface area contributed by atoms with Gasteiger partial charge in [0.2, 0.25) is 5.91 Å². The fraction of sp³-hybridized carbons (Fsp3) is 0.400. The van der Waals surface area contributed by atoms with Gasteiger partial charge < -0.3 is 11.1 Å². The third-order valence-electron chi connectivity index (χ3n) is 3.09. The summed E-state index contributed by atoms with van der Waals surface area (Å²) in [7, 11) is 0. The second kappa shape index (κ2) is 7.54. The Kier molecular flexibility index (Phi) is 5.45.